The number of nitro benzene ring substituents is 1. The highest BCUT2D eigenvalue weighted by molar-refractivity contribution is 5.66. The van der Waals surface area contributed by atoms with Crippen molar-refractivity contribution in [1.29, 1.82) is 0 Å². The molecule has 0 aliphatic carbocycles. The molecule has 0 unspecified atom stereocenters. The number of aromatic hydroxyl groups is 1. The molecular weight excluding hydrogens is 268 g/mol. The number of benzene rings is 1. The van der Waals surface area contributed by atoms with Crippen molar-refractivity contribution in [1.82, 2.24) is 15.0 Å². The number of non-ortho nitro benzene ring substituents is 1. The molecule has 0 spiro atoms. The van der Waals surface area contributed by atoms with E-state index in [0.717, 1.165) is 6.07 Å². The van der Waals surface area contributed by atoms with Gasteiger partial charge < -0.3 is 10.2 Å². The van der Waals surface area contributed by atoms with Crippen molar-refractivity contribution in [3.8, 4) is 11.4 Å². The van der Waals surface area contributed by atoms with E-state index in [0.29, 0.717) is 5.69 Å². The number of carbonyl (C=O) groups is 1. The molecule has 2 N–H and O–H groups in total. The Bertz CT molecular complexity index is 667. The Balaban J connectivity index is 2.29. The predicted molar refractivity (Wildman–Crippen MR) is 65.6 cm³/mol. The van der Waals surface area contributed by atoms with Crippen LogP contribution < -0.4 is 0 Å². The van der Waals surface area contributed by atoms with Crippen LogP contribution >= 0.6 is 0 Å². The molecule has 0 aliphatic rings. The SMILES string of the molecule is O=C(O)CCc1cn(-c2cc([N+](=O)[O-])ccc2O)nn1. The Hall–Kier alpha value is -2.97. The van der Waals surface area contributed by atoms with Crippen LogP contribution in [0.2, 0.25) is 0 Å². The van der Waals surface area contributed by atoms with E-state index in [-0.39, 0.29) is 30.0 Å². The molecule has 0 saturated carbocycles. The van der Waals surface area contributed by atoms with Gasteiger partial charge in [-0.1, -0.05) is 5.21 Å². The number of carboxylic acid groups (broad SMARTS) is 1. The zero-order chi connectivity index (χ0) is 14.7. The number of carboxylic acids is 1. The lowest BCUT2D eigenvalue weighted by atomic mass is 10.2. The Kier molecular flexibility index (Phi) is 3.60. The van der Waals surface area contributed by atoms with E-state index < -0.39 is 10.9 Å². The second-order valence-corrected chi connectivity index (χ2v) is 3.98. The van der Waals surface area contributed by atoms with Crippen molar-refractivity contribution in [2.45, 2.75) is 12.8 Å². The number of nitro groups is 1. The van der Waals surface area contributed by atoms with Gasteiger partial charge in [-0.15, -0.1) is 5.10 Å². The van der Waals surface area contributed by atoms with Crippen LogP contribution in [0.25, 0.3) is 5.69 Å². The van der Waals surface area contributed by atoms with E-state index in [1.165, 1.54) is 23.0 Å². The molecule has 1 aromatic carbocycles. The molecule has 2 rings (SSSR count). The van der Waals surface area contributed by atoms with Crippen LogP contribution in [0, 0.1) is 10.1 Å². The summed E-state index contributed by atoms with van der Waals surface area (Å²) in [5.41, 5.74) is 0.326. The molecule has 0 radical (unpaired) electrons. The van der Waals surface area contributed by atoms with Gasteiger partial charge in [-0.3, -0.25) is 14.9 Å². The van der Waals surface area contributed by atoms with Crippen molar-refractivity contribution in [3.63, 3.8) is 0 Å². The normalized spacial score (nSPS) is 10.4. The van der Waals surface area contributed by atoms with Crippen molar-refractivity contribution in [3.05, 3.63) is 40.2 Å². The van der Waals surface area contributed by atoms with Gasteiger partial charge in [0.15, 0.2) is 0 Å². The summed E-state index contributed by atoms with van der Waals surface area (Å²) in [5.74, 6) is -1.15. The lowest BCUT2D eigenvalue weighted by Crippen LogP contribution is -1.98. The van der Waals surface area contributed by atoms with Gasteiger partial charge in [-0.2, -0.15) is 0 Å². The van der Waals surface area contributed by atoms with Crippen LogP contribution in [0.15, 0.2) is 24.4 Å². The molecule has 104 valence electrons. The first-order valence-corrected chi connectivity index (χ1v) is 5.58. The number of hydrogen-bond donors (Lipinski definition) is 2. The van der Waals surface area contributed by atoms with Crippen LogP contribution in [0.4, 0.5) is 5.69 Å². The van der Waals surface area contributed by atoms with Gasteiger partial charge in [-0.05, 0) is 6.07 Å². The third-order valence-electron chi connectivity index (χ3n) is 2.55. The Morgan fingerprint density at radius 2 is 2.20 bits per heavy atom. The summed E-state index contributed by atoms with van der Waals surface area (Å²) < 4.78 is 1.17. The summed E-state index contributed by atoms with van der Waals surface area (Å²) in [5, 5.41) is 36.4. The van der Waals surface area contributed by atoms with Gasteiger partial charge in [0.25, 0.3) is 5.69 Å². The van der Waals surface area contributed by atoms with Gasteiger partial charge >= 0.3 is 5.97 Å². The van der Waals surface area contributed by atoms with E-state index in [2.05, 4.69) is 10.3 Å². The number of phenols is 1. The number of nitrogens with zero attached hydrogens (tertiary/aromatic N) is 4. The Morgan fingerprint density at radius 1 is 1.45 bits per heavy atom. The largest absolute Gasteiger partial charge is 0.506 e. The van der Waals surface area contributed by atoms with Gasteiger partial charge in [0.1, 0.15) is 11.4 Å². The molecule has 1 heterocycles. The second-order valence-electron chi connectivity index (χ2n) is 3.98. The summed E-state index contributed by atoms with van der Waals surface area (Å²) >= 11 is 0. The molecule has 0 saturated heterocycles. The number of aryl methyl sites for hydroxylation is 1. The van der Waals surface area contributed by atoms with Crippen molar-refractivity contribution < 1.29 is 19.9 Å². The summed E-state index contributed by atoms with van der Waals surface area (Å²) in [7, 11) is 0. The van der Waals surface area contributed by atoms with Gasteiger partial charge in [0, 0.05) is 18.6 Å². The summed E-state index contributed by atoms with van der Waals surface area (Å²) in [6.45, 7) is 0. The van der Waals surface area contributed by atoms with Crippen LogP contribution in [0.3, 0.4) is 0 Å². The van der Waals surface area contributed by atoms with E-state index in [1.54, 1.807) is 0 Å². The first kappa shape index (κ1) is 13.5. The minimum absolute atomic E-state index is 0.0976. The van der Waals surface area contributed by atoms with Crippen LogP contribution in [0.5, 0.6) is 5.75 Å². The average molecular weight is 278 g/mol. The van der Waals surface area contributed by atoms with E-state index in [9.17, 15) is 20.0 Å². The maximum absolute atomic E-state index is 10.7. The lowest BCUT2D eigenvalue weighted by molar-refractivity contribution is -0.384. The van der Waals surface area contributed by atoms with Crippen molar-refractivity contribution in [2.24, 2.45) is 0 Å². The Morgan fingerprint density at radius 3 is 2.85 bits per heavy atom. The highest BCUT2D eigenvalue weighted by Gasteiger charge is 2.13. The monoisotopic (exact) mass is 278 g/mol. The molecule has 0 amide bonds. The maximum atomic E-state index is 10.7. The van der Waals surface area contributed by atoms with Crippen molar-refractivity contribution >= 4 is 11.7 Å². The van der Waals surface area contributed by atoms with Gasteiger partial charge in [0.05, 0.1) is 23.2 Å². The fourth-order valence-corrected chi connectivity index (χ4v) is 1.57. The van der Waals surface area contributed by atoms with Crippen LogP contribution in [-0.4, -0.2) is 36.1 Å². The third kappa shape index (κ3) is 2.88. The molecule has 2 aromatic rings. The first-order chi connectivity index (χ1) is 9.47. The third-order valence-corrected chi connectivity index (χ3v) is 2.55. The highest BCUT2D eigenvalue weighted by atomic mass is 16.6. The number of phenolic OH excluding ortho intramolecular Hbond substituents is 1. The molecule has 1 aromatic heterocycles. The fourth-order valence-electron chi connectivity index (χ4n) is 1.57. The molecule has 0 aliphatic heterocycles. The number of aromatic nitrogens is 3. The van der Waals surface area contributed by atoms with Crippen LogP contribution in [-0.2, 0) is 11.2 Å². The standard InChI is InChI=1S/C11H10N4O5/c16-10-3-2-8(15(19)20)5-9(10)14-6-7(12-13-14)1-4-11(17)18/h2-3,5-6,16H,1,4H2,(H,17,18). The van der Waals surface area contributed by atoms with Gasteiger partial charge in [0.2, 0.25) is 0 Å². The van der Waals surface area contributed by atoms with Crippen LogP contribution in [0.1, 0.15) is 12.1 Å². The second kappa shape index (κ2) is 5.34. The number of rotatable bonds is 5. The molecule has 0 fully saturated rings. The summed E-state index contributed by atoms with van der Waals surface area (Å²) in [4.78, 5) is 20.6. The Labute approximate surface area is 112 Å². The molecule has 0 atom stereocenters. The fraction of sp³-hybridized carbons (Fsp3) is 0.182. The minimum atomic E-state index is -0.960. The van der Waals surface area contributed by atoms with E-state index in [4.69, 9.17) is 5.11 Å². The lowest BCUT2D eigenvalue weighted by Gasteiger charge is -2.02. The topological polar surface area (TPSA) is 131 Å². The zero-order valence-electron chi connectivity index (χ0n) is 10.1. The smallest absolute Gasteiger partial charge is 0.303 e. The molecule has 9 heteroatoms. The highest BCUT2D eigenvalue weighted by Crippen LogP contribution is 2.25. The minimum Gasteiger partial charge on any atom is -0.506 e. The molecule has 20 heavy (non-hydrogen) atoms. The molecule has 9 nitrogen and oxygen atoms in total. The predicted octanol–water partition coefficient (Wildman–Crippen LogP) is 0.898. The van der Waals surface area contributed by atoms with E-state index >= 15 is 0 Å². The first-order valence-electron chi connectivity index (χ1n) is 5.58. The summed E-state index contributed by atoms with van der Waals surface area (Å²) in [6, 6.07) is 3.51. The quantitative estimate of drug-likeness (QED) is 0.613. The molecule has 0 bridgehead atoms. The zero-order valence-corrected chi connectivity index (χ0v) is 10.1. The van der Waals surface area contributed by atoms with Crippen molar-refractivity contribution in [2.75, 3.05) is 0 Å². The molecular formula is C11H10N4O5. The number of aliphatic carboxylic acids is 1. The van der Waals surface area contributed by atoms with Gasteiger partial charge in [-0.25, -0.2) is 4.68 Å². The maximum Gasteiger partial charge on any atom is 0.303 e. The average Bonchev–Trinajstić information content (AvgIpc) is 2.85. The van der Waals surface area contributed by atoms with E-state index in [1.807, 2.05) is 0 Å². The number of hydrogen-bond acceptors (Lipinski definition) is 6. The summed E-state index contributed by atoms with van der Waals surface area (Å²) in [6.07, 6.45) is 1.51.